The van der Waals surface area contributed by atoms with Gasteiger partial charge in [0.15, 0.2) is 0 Å². The highest BCUT2D eigenvalue weighted by molar-refractivity contribution is 9.10. The Morgan fingerprint density at radius 2 is 2.50 bits per heavy atom. The average Bonchev–Trinajstić information content (AvgIpc) is 2.05. The Labute approximate surface area is 78.9 Å². The van der Waals surface area contributed by atoms with Crippen molar-refractivity contribution >= 4 is 21.9 Å². The maximum Gasteiger partial charge on any atom is 0.339 e. The molecule has 0 spiro atoms. The predicted octanol–water partition coefficient (Wildman–Crippen LogP) is 2.02. The lowest BCUT2D eigenvalue weighted by atomic mass is 10.3. The topological polar surface area (TPSA) is 39.2 Å². The van der Waals surface area contributed by atoms with E-state index in [2.05, 4.69) is 20.9 Å². The van der Waals surface area contributed by atoms with E-state index in [0.717, 1.165) is 0 Å². The fourth-order valence-corrected chi connectivity index (χ4v) is 1.16. The number of rotatable bonds is 2. The monoisotopic (exact) mass is 229 g/mol. The first-order valence-corrected chi connectivity index (χ1v) is 4.31. The third kappa shape index (κ3) is 2.04. The molecule has 4 heteroatoms. The summed E-state index contributed by atoms with van der Waals surface area (Å²) in [6.45, 7) is 2.15. The number of pyridine rings is 1. The molecule has 0 atom stereocenters. The number of halogens is 1. The van der Waals surface area contributed by atoms with Crippen molar-refractivity contribution in [3.63, 3.8) is 0 Å². The van der Waals surface area contributed by atoms with Crippen LogP contribution in [0.3, 0.4) is 0 Å². The Morgan fingerprint density at radius 3 is 3.08 bits per heavy atom. The van der Waals surface area contributed by atoms with Crippen molar-refractivity contribution < 1.29 is 9.53 Å². The minimum absolute atomic E-state index is 0.327. The SMILES string of the molecule is CCOC(=O)c1ccncc1Br. The van der Waals surface area contributed by atoms with Crippen LogP contribution < -0.4 is 0 Å². The summed E-state index contributed by atoms with van der Waals surface area (Å²) < 4.78 is 5.47. The molecule has 12 heavy (non-hydrogen) atoms. The smallest absolute Gasteiger partial charge is 0.339 e. The van der Waals surface area contributed by atoms with Gasteiger partial charge in [-0.25, -0.2) is 4.79 Å². The molecular formula is C8H8BrNO2. The number of hydrogen-bond acceptors (Lipinski definition) is 3. The van der Waals surface area contributed by atoms with E-state index in [-0.39, 0.29) is 5.97 Å². The Kier molecular flexibility index (Phi) is 3.22. The van der Waals surface area contributed by atoms with Crippen LogP contribution in [0.5, 0.6) is 0 Å². The number of aromatic nitrogens is 1. The van der Waals surface area contributed by atoms with Crippen molar-refractivity contribution in [2.75, 3.05) is 6.61 Å². The average molecular weight is 230 g/mol. The van der Waals surface area contributed by atoms with Crippen molar-refractivity contribution in [1.82, 2.24) is 4.98 Å². The van der Waals surface area contributed by atoms with Crippen molar-refractivity contribution in [2.45, 2.75) is 6.92 Å². The van der Waals surface area contributed by atoms with Crippen LogP contribution in [0.15, 0.2) is 22.9 Å². The molecule has 0 saturated carbocycles. The molecule has 0 radical (unpaired) electrons. The lowest BCUT2D eigenvalue weighted by Crippen LogP contribution is -2.05. The molecule has 0 aliphatic rings. The van der Waals surface area contributed by atoms with Gasteiger partial charge in [-0.2, -0.15) is 0 Å². The number of nitrogens with zero attached hydrogens (tertiary/aromatic N) is 1. The van der Waals surface area contributed by atoms with Crippen LogP contribution >= 0.6 is 15.9 Å². The Bertz CT molecular complexity index is 288. The molecule has 1 heterocycles. The summed E-state index contributed by atoms with van der Waals surface area (Å²) in [5.74, 6) is -0.327. The number of esters is 1. The summed E-state index contributed by atoms with van der Waals surface area (Å²) in [5.41, 5.74) is 0.506. The summed E-state index contributed by atoms with van der Waals surface area (Å²) >= 11 is 3.20. The van der Waals surface area contributed by atoms with E-state index >= 15 is 0 Å². The van der Waals surface area contributed by atoms with E-state index in [9.17, 15) is 4.79 Å². The Morgan fingerprint density at radius 1 is 1.75 bits per heavy atom. The molecule has 0 fully saturated rings. The van der Waals surface area contributed by atoms with Crippen molar-refractivity contribution in [3.8, 4) is 0 Å². The maximum absolute atomic E-state index is 11.2. The molecule has 0 aliphatic heterocycles. The molecule has 0 N–H and O–H groups in total. The number of carbonyl (C=O) groups is 1. The lowest BCUT2D eigenvalue weighted by Gasteiger charge is -2.01. The van der Waals surface area contributed by atoms with Gasteiger partial charge in [0.05, 0.1) is 16.6 Å². The van der Waals surface area contributed by atoms with Gasteiger partial charge in [0, 0.05) is 12.4 Å². The van der Waals surface area contributed by atoms with Crippen LogP contribution in [0.2, 0.25) is 0 Å². The standard InChI is InChI=1S/C8H8BrNO2/c1-2-12-8(11)6-3-4-10-5-7(6)9/h3-5H,2H2,1H3. The quantitative estimate of drug-likeness (QED) is 0.729. The van der Waals surface area contributed by atoms with Gasteiger partial charge in [-0.3, -0.25) is 4.98 Å². The third-order valence-electron chi connectivity index (χ3n) is 1.27. The number of ether oxygens (including phenoxy) is 1. The van der Waals surface area contributed by atoms with Crippen LogP contribution in [0.1, 0.15) is 17.3 Å². The van der Waals surface area contributed by atoms with Gasteiger partial charge in [-0.05, 0) is 28.9 Å². The first kappa shape index (κ1) is 9.19. The van der Waals surface area contributed by atoms with E-state index in [1.807, 2.05) is 0 Å². The molecule has 64 valence electrons. The zero-order valence-electron chi connectivity index (χ0n) is 6.58. The summed E-state index contributed by atoms with van der Waals surface area (Å²) in [6.07, 6.45) is 3.11. The number of hydrogen-bond donors (Lipinski definition) is 0. The molecule has 0 aromatic carbocycles. The van der Waals surface area contributed by atoms with Gasteiger partial charge in [0.1, 0.15) is 0 Å². The van der Waals surface area contributed by atoms with Gasteiger partial charge in [0.25, 0.3) is 0 Å². The molecule has 1 aromatic rings. The van der Waals surface area contributed by atoms with E-state index in [0.29, 0.717) is 16.6 Å². The highest BCUT2D eigenvalue weighted by Crippen LogP contribution is 2.14. The minimum atomic E-state index is -0.327. The second-order valence-electron chi connectivity index (χ2n) is 2.08. The van der Waals surface area contributed by atoms with Gasteiger partial charge >= 0.3 is 5.97 Å². The molecule has 1 rings (SSSR count). The van der Waals surface area contributed by atoms with Crippen LogP contribution in [-0.2, 0) is 4.74 Å². The van der Waals surface area contributed by atoms with E-state index in [1.165, 1.54) is 0 Å². The van der Waals surface area contributed by atoms with Crippen molar-refractivity contribution in [2.24, 2.45) is 0 Å². The second-order valence-corrected chi connectivity index (χ2v) is 2.93. The first-order chi connectivity index (χ1) is 5.75. The van der Waals surface area contributed by atoms with Crippen LogP contribution in [0.4, 0.5) is 0 Å². The Hall–Kier alpha value is -0.900. The van der Waals surface area contributed by atoms with Crippen LogP contribution in [-0.4, -0.2) is 17.6 Å². The molecular weight excluding hydrogens is 222 g/mol. The second kappa shape index (κ2) is 4.21. The normalized spacial score (nSPS) is 9.50. The highest BCUT2D eigenvalue weighted by Gasteiger charge is 2.09. The maximum atomic E-state index is 11.2. The zero-order valence-corrected chi connectivity index (χ0v) is 8.17. The fraction of sp³-hybridized carbons (Fsp3) is 0.250. The first-order valence-electron chi connectivity index (χ1n) is 3.52. The highest BCUT2D eigenvalue weighted by atomic mass is 79.9. The van der Waals surface area contributed by atoms with E-state index in [1.54, 1.807) is 25.4 Å². The molecule has 1 aromatic heterocycles. The molecule has 0 saturated heterocycles. The van der Waals surface area contributed by atoms with Gasteiger partial charge < -0.3 is 4.74 Å². The molecule has 0 unspecified atom stereocenters. The van der Waals surface area contributed by atoms with Crippen molar-refractivity contribution in [3.05, 3.63) is 28.5 Å². The van der Waals surface area contributed by atoms with Crippen molar-refractivity contribution in [1.29, 1.82) is 0 Å². The minimum Gasteiger partial charge on any atom is -0.462 e. The third-order valence-corrected chi connectivity index (χ3v) is 1.90. The molecule has 3 nitrogen and oxygen atoms in total. The largest absolute Gasteiger partial charge is 0.462 e. The Balaban J connectivity index is 2.87. The summed E-state index contributed by atoms with van der Waals surface area (Å²) in [5, 5.41) is 0. The zero-order chi connectivity index (χ0) is 8.97. The lowest BCUT2D eigenvalue weighted by molar-refractivity contribution is 0.0525. The summed E-state index contributed by atoms with van der Waals surface area (Å²) in [4.78, 5) is 15.0. The molecule has 0 amide bonds. The molecule has 0 aliphatic carbocycles. The number of carbonyl (C=O) groups excluding carboxylic acids is 1. The van der Waals surface area contributed by atoms with Gasteiger partial charge in [-0.1, -0.05) is 0 Å². The van der Waals surface area contributed by atoms with E-state index in [4.69, 9.17) is 4.74 Å². The van der Waals surface area contributed by atoms with Crippen LogP contribution in [0.25, 0.3) is 0 Å². The van der Waals surface area contributed by atoms with Gasteiger partial charge in [0.2, 0.25) is 0 Å². The summed E-state index contributed by atoms with van der Waals surface area (Å²) in [6, 6.07) is 1.61. The van der Waals surface area contributed by atoms with Crippen LogP contribution in [0, 0.1) is 0 Å². The fourth-order valence-electron chi connectivity index (χ4n) is 0.750. The molecule has 0 bridgehead atoms. The predicted molar refractivity (Wildman–Crippen MR) is 47.9 cm³/mol. The van der Waals surface area contributed by atoms with E-state index < -0.39 is 0 Å². The summed E-state index contributed by atoms with van der Waals surface area (Å²) in [7, 11) is 0. The van der Waals surface area contributed by atoms with Gasteiger partial charge in [-0.15, -0.1) is 0 Å².